The first kappa shape index (κ1) is 14.1. The molecule has 0 amide bonds. The highest BCUT2D eigenvalue weighted by Crippen LogP contribution is 2.45. The number of benzene rings is 1. The number of halogens is 1. The Bertz CT molecular complexity index is 837. The van der Waals surface area contributed by atoms with Crippen LogP contribution in [-0.4, -0.2) is 20.5 Å². The number of ketones is 1. The summed E-state index contributed by atoms with van der Waals surface area (Å²) in [5, 5.41) is 7.47. The van der Waals surface area contributed by atoms with E-state index >= 15 is 0 Å². The largest absolute Gasteiger partial charge is 0.328 e. The molecule has 2 heterocycles. The molecule has 2 aliphatic rings. The fourth-order valence-electron chi connectivity index (χ4n) is 3.53. The molecule has 1 atom stereocenters. The molecule has 5 nitrogen and oxygen atoms in total. The first-order valence-electron chi connectivity index (χ1n) is 7.63. The highest BCUT2D eigenvalue weighted by Gasteiger charge is 2.41. The summed E-state index contributed by atoms with van der Waals surface area (Å²) in [6.45, 7) is 4.15. The summed E-state index contributed by atoms with van der Waals surface area (Å²) in [6, 6.07) is 5.90. The number of allylic oxidation sites excluding steroid dienone is 2. The molecule has 0 bridgehead atoms. The molecule has 1 aromatic carbocycles. The van der Waals surface area contributed by atoms with Crippen molar-refractivity contribution in [1.29, 1.82) is 0 Å². The standard InChI is InChI=1S/C17H17FN4O/c1-17(2)7-12-14(13(23)8-17)15(10-4-3-5-11(18)6-10)22-16(21-12)19-9-20-22/h3-6,9,15H,7-8H2,1-2H3,(H,19,20,21)/t15-/m0/s1. The SMILES string of the molecule is CC1(C)CC(=O)C2=C(C1)Nc1ncnn1[C@H]2c1cccc(F)c1. The van der Waals surface area contributed by atoms with Crippen LogP contribution in [0.1, 0.15) is 38.3 Å². The lowest BCUT2D eigenvalue weighted by atomic mass is 9.73. The maximum absolute atomic E-state index is 13.7. The number of hydrogen-bond donors (Lipinski definition) is 1. The van der Waals surface area contributed by atoms with Crippen LogP contribution in [-0.2, 0) is 4.79 Å². The Hall–Kier alpha value is -2.50. The second-order valence-corrected chi connectivity index (χ2v) is 6.94. The average molecular weight is 312 g/mol. The van der Waals surface area contributed by atoms with Crippen LogP contribution < -0.4 is 5.32 Å². The fourth-order valence-corrected chi connectivity index (χ4v) is 3.53. The molecule has 0 fully saturated rings. The van der Waals surface area contributed by atoms with Crippen molar-refractivity contribution in [2.75, 3.05) is 5.32 Å². The van der Waals surface area contributed by atoms with Crippen molar-refractivity contribution in [2.24, 2.45) is 5.41 Å². The van der Waals surface area contributed by atoms with E-state index in [0.29, 0.717) is 23.5 Å². The normalized spacial score (nSPS) is 22.4. The van der Waals surface area contributed by atoms with Gasteiger partial charge in [-0.25, -0.2) is 9.07 Å². The summed E-state index contributed by atoms with van der Waals surface area (Å²) in [5.41, 5.74) is 2.16. The predicted molar refractivity (Wildman–Crippen MR) is 83.2 cm³/mol. The topological polar surface area (TPSA) is 59.8 Å². The van der Waals surface area contributed by atoms with Crippen LogP contribution in [0, 0.1) is 11.2 Å². The zero-order valence-corrected chi connectivity index (χ0v) is 13.0. The number of nitrogens with one attached hydrogen (secondary N) is 1. The van der Waals surface area contributed by atoms with Crippen LogP contribution in [0.3, 0.4) is 0 Å². The van der Waals surface area contributed by atoms with Crippen molar-refractivity contribution in [2.45, 2.75) is 32.7 Å². The lowest BCUT2D eigenvalue weighted by Gasteiger charge is -2.38. The van der Waals surface area contributed by atoms with E-state index in [1.807, 2.05) is 6.07 Å². The third-order valence-electron chi connectivity index (χ3n) is 4.44. The summed E-state index contributed by atoms with van der Waals surface area (Å²) in [7, 11) is 0. The number of carbonyl (C=O) groups excluding carboxylic acids is 1. The van der Waals surface area contributed by atoms with Gasteiger partial charge in [0.05, 0.1) is 0 Å². The van der Waals surface area contributed by atoms with Gasteiger partial charge in [0, 0.05) is 17.7 Å². The second-order valence-electron chi connectivity index (χ2n) is 6.94. The van der Waals surface area contributed by atoms with E-state index in [2.05, 4.69) is 29.2 Å². The zero-order chi connectivity index (χ0) is 16.2. The van der Waals surface area contributed by atoms with Crippen LogP contribution in [0.4, 0.5) is 10.3 Å². The molecule has 1 aromatic heterocycles. The van der Waals surface area contributed by atoms with Gasteiger partial charge in [-0.3, -0.25) is 4.79 Å². The van der Waals surface area contributed by atoms with Gasteiger partial charge >= 0.3 is 0 Å². The minimum Gasteiger partial charge on any atom is -0.328 e. The molecule has 1 aliphatic heterocycles. The Balaban J connectivity index is 1.91. The number of Topliss-reactive ketones (excluding diaryl/α,β-unsaturated/α-hetero) is 1. The molecule has 0 saturated carbocycles. The Labute approximate surface area is 133 Å². The molecule has 118 valence electrons. The van der Waals surface area contributed by atoms with Crippen LogP contribution in [0.25, 0.3) is 0 Å². The monoisotopic (exact) mass is 312 g/mol. The molecular weight excluding hydrogens is 295 g/mol. The number of hydrogen-bond acceptors (Lipinski definition) is 4. The molecule has 1 aliphatic carbocycles. The van der Waals surface area contributed by atoms with Crippen LogP contribution in [0.2, 0.25) is 0 Å². The molecule has 6 heteroatoms. The van der Waals surface area contributed by atoms with Gasteiger partial charge in [-0.1, -0.05) is 26.0 Å². The average Bonchev–Trinajstić information content (AvgIpc) is 2.91. The number of carbonyl (C=O) groups is 1. The first-order valence-corrected chi connectivity index (χ1v) is 7.63. The number of rotatable bonds is 1. The van der Waals surface area contributed by atoms with E-state index < -0.39 is 6.04 Å². The number of aromatic nitrogens is 3. The Morgan fingerprint density at radius 2 is 2.17 bits per heavy atom. The summed E-state index contributed by atoms with van der Waals surface area (Å²) in [5.74, 6) is 0.344. The van der Waals surface area contributed by atoms with Crippen molar-refractivity contribution >= 4 is 11.7 Å². The highest BCUT2D eigenvalue weighted by molar-refractivity contribution is 6.00. The number of nitrogens with zero attached hydrogens (tertiary/aromatic N) is 3. The molecule has 0 saturated heterocycles. The van der Waals surface area contributed by atoms with Crippen LogP contribution >= 0.6 is 0 Å². The van der Waals surface area contributed by atoms with E-state index in [0.717, 1.165) is 12.1 Å². The fraction of sp³-hybridized carbons (Fsp3) is 0.353. The van der Waals surface area contributed by atoms with Crippen molar-refractivity contribution in [3.05, 3.63) is 53.2 Å². The summed E-state index contributed by atoms with van der Waals surface area (Å²) >= 11 is 0. The van der Waals surface area contributed by atoms with Gasteiger partial charge in [-0.05, 0) is 29.5 Å². The molecule has 0 radical (unpaired) electrons. The van der Waals surface area contributed by atoms with Crippen molar-refractivity contribution in [3.8, 4) is 0 Å². The van der Waals surface area contributed by atoms with Gasteiger partial charge in [0.2, 0.25) is 5.95 Å². The Kier molecular flexibility index (Phi) is 2.91. The molecule has 2 aromatic rings. The maximum Gasteiger partial charge on any atom is 0.226 e. The van der Waals surface area contributed by atoms with Gasteiger partial charge in [0.1, 0.15) is 18.2 Å². The van der Waals surface area contributed by atoms with Gasteiger partial charge in [0.25, 0.3) is 0 Å². The van der Waals surface area contributed by atoms with Gasteiger partial charge < -0.3 is 5.32 Å². The molecule has 0 spiro atoms. The lowest BCUT2D eigenvalue weighted by Crippen LogP contribution is -2.36. The molecular formula is C17H17FN4O. The molecule has 4 rings (SSSR count). The summed E-state index contributed by atoms with van der Waals surface area (Å²) in [6.07, 6.45) is 2.68. The lowest BCUT2D eigenvalue weighted by molar-refractivity contribution is -0.118. The van der Waals surface area contributed by atoms with E-state index in [-0.39, 0.29) is 17.0 Å². The predicted octanol–water partition coefficient (Wildman–Crippen LogP) is 3.08. The third kappa shape index (κ3) is 2.25. The van der Waals surface area contributed by atoms with E-state index in [9.17, 15) is 9.18 Å². The minimum atomic E-state index is -0.428. The van der Waals surface area contributed by atoms with E-state index in [1.54, 1.807) is 10.7 Å². The summed E-state index contributed by atoms with van der Waals surface area (Å²) in [4.78, 5) is 17.0. The zero-order valence-electron chi connectivity index (χ0n) is 13.0. The van der Waals surface area contributed by atoms with Crippen LogP contribution in [0.5, 0.6) is 0 Å². The van der Waals surface area contributed by atoms with Crippen LogP contribution in [0.15, 0.2) is 41.9 Å². The maximum atomic E-state index is 13.7. The van der Waals surface area contributed by atoms with E-state index in [1.165, 1.54) is 18.5 Å². The first-order chi connectivity index (χ1) is 10.9. The van der Waals surface area contributed by atoms with Crippen molar-refractivity contribution in [1.82, 2.24) is 14.8 Å². The quantitative estimate of drug-likeness (QED) is 0.879. The smallest absolute Gasteiger partial charge is 0.226 e. The van der Waals surface area contributed by atoms with Gasteiger partial charge in [-0.2, -0.15) is 10.1 Å². The van der Waals surface area contributed by atoms with Crippen molar-refractivity contribution in [3.63, 3.8) is 0 Å². The Morgan fingerprint density at radius 1 is 1.35 bits per heavy atom. The van der Waals surface area contributed by atoms with E-state index in [4.69, 9.17) is 0 Å². The molecule has 0 unspecified atom stereocenters. The van der Waals surface area contributed by atoms with Crippen molar-refractivity contribution < 1.29 is 9.18 Å². The number of anilines is 1. The molecule has 1 N–H and O–H groups in total. The highest BCUT2D eigenvalue weighted by atomic mass is 19.1. The summed E-state index contributed by atoms with van der Waals surface area (Å²) < 4.78 is 15.4. The van der Waals surface area contributed by atoms with Gasteiger partial charge in [-0.15, -0.1) is 0 Å². The molecule has 23 heavy (non-hydrogen) atoms. The minimum absolute atomic E-state index is 0.0826. The van der Waals surface area contributed by atoms with Gasteiger partial charge in [0.15, 0.2) is 5.78 Å². The number of fused-ring (bicyclic) bond motifs is 1. The Morgan fingerprint density at radius 3 is 2.96 bits per heavy atom. The second kappa shape index (κ2) is 4.75. The third-order valence-corrected chi connectivity index (χ3v) is 4.44.